The average molecular weight is 114 g/mol. The molecule has 0 bridgehead atoms. The first-order valence-electron chi connectivity index (χ1n) is 2.17. The van der Waals surface area contributed by atoms with Crippen LogP contribution in [0.15, 0.2) is 17.8 Å². The first-order valence-corrected chi connectivity index (χ1v) is 2.17. The zero-order valence-corrected chi connectivity index (χ0v) is 4.62. The number of hydrazone groups is 1. The summed E-state index contributed by atoms with van der Waals surface area (Å²) in [5.74, 6) is 10.0. The van der Waals surface area contributed by atoms with Crippen LogP contribution in [0, 0.1) is 0 Å². The summed E-state index contributed by atoms with van der Waals surface area (Å²) in [4.78, 5) is 0. The van der Waals surface area contributed by atoms with Crippen LogP contribution in [-0.2, 0) is 0 Å². The van der Waals surface area contributed by atoms with Crippen LogP contribution in [-0.4, -0.2) is 17.9 Å². The third-order valence-electron chi connectivity index (χ3n) is 0.555. The van der Waals surface area contributed by atoms with Crippen molar-refractivity contribution in [1.29, 1.82) is 0 Å². The summed E-state index contributed by atoms with van der Waals surface area (Å²) < 4.78 is 0. The Morgan fingerprint density at radius 3 is 2.75 bits per heavy atom. The van der Waals surface area contributed by atoms with E-state index in [9.17, 15) is 0 Å². The van der Waals surface area contributed by atoms with Crippen molar-refractivity contribution in [3.8, 4) is 0 Å². The lowest BCUT2D eigenvalue weighted by Crippen LogP contribution is -2.29. The maximum Gasteiger partial charge on any atom is 0.125 e. The van der Waals surface area contributed by atoms with Crippen molar-refractivity contribution < 1.29 is 0 Å². The highest BCUT2D eigenvalue weighted by molar-refractivity contribution is 5.53. The molecule has 0 saturated heterocycles. The maximum atomic E-state index is 5.23. The van der Waals surface area contributed by atoms with Crippen LogP contribution in [0.3, 0.4) is 0 Å². The van der Waals surface area contributed by atoms with E-state index in [-0.39, 0.29) is 0 Å². The van der Waals surface area contributed by atoms with Crippen molar-refractivity contribution >= 4 is 6.34 Å². The predicted octanol–water partition coefficient (Wildman–Crippen LogP) is -0.750. The van der Waals surface area contributed by atoms with Gasteiger partial charge in [-0.05, 0) is 0 Å². The van der Waals surface area contributed by atoms with Gasteiger partial charge in [-0.2, -0.15) is 5.10 Å². The molecular formula is C4H10N4. The van der Waals surface area contributed by atoms with Gasteiger partial charge in [-0.25, -0.2) is 5.84 Å². The second-order valence-corrected chi connectivity index (χ2v) is 1.25. The fourth-order valence-corrected chi connectivity index (χ4v) is 0.282. The highest BCUT2D eigenvalue weighted by Gasteiger charge is 1.81. The Bertz CT molecular complexity index is 88.0. The molecule has 0 aromatic heterocycles. The molecule has 4 nitrogen and oxygen atoms in total. The van der Waals surface area contributed by atoms with E-state index in [0.29, 0.717) is 6.54 Å². The van der Waals surface area contributed by atoms with Gasteiger partial charge in [-0.3, -0.25) is 5.01 Å². The zero-order valence-electron chi connectivity index (χ0n) is 4.62. The van der Waals surface area contributed by atoms with Crippen LogP contribution >= 0.6 is 0 Å². The summed E-state index contributed by atoms with van der Waals surface area (Å²) in [5, 5.41) is 4.51. The second-order valence-electron chi connectivity index (χ2n) is 1.25. The van der Waals surface area contributed by atoms with Gasteiger partial charge in [0.05, 0.1) is 6.54 Å². The fraction of sp³-hybridized carbons (Fsp3) is 0.250. The van der Waals surface area contributed by atoms with E-state index in [2.05, 4.69) is 11.7 Å². The van der Waals surface area contributed by atoms with Crippen molar-refractivity contribution in [3.63, 3.8) is 0 Å². The molecule has 0 aliphatic rings. The Hall–Kier alpha value is -1.03. The number of rotatable bonds is 3. The number of hydrazine groups is 1. The topological polar surface area (TPSA) is 67.6 Å². The molecule has 0 heterocycles. The Morgan fingerprint density at radius 1 is 1.75 bits per heavy atom. The van der Waals surface area contributed by atoms with Crippen LogP contribution in [0.25, 0.3) is 0 Å². The van der Waals surface area contributed by atoms with Crippen molar-refractivity contribution in [2.45, 2.75) is 0 Å². The van der Waals surface area contributed by atoms with Crippen LogP contribution < -0.4 is 11.7 Å². The normalized spacial score (nSPS) is 9.62. The molecule has 0 unspecified atom stereocenters. The third kappa shape index (κ3) is 3.17. The summed E-state index contributed by atoms with van der Waals surface area (Å²) in [5.41, 5.74) is 0. The molecule has 0 atom stereocenters. The van der Waals surface area contributed by atoms with Gasteiger partial charge in [0.2, 0.25) is 0 Å². The number of hydrogen-bond donors (Lipinski definition) is 2. The van der Waals surface area contributed by atoms with Crippen LogP contribution in [0.2, 0.25) is 0 Å². The lowest BCUT2D eigenvalue weighted by Gasteiger charge is -2.06. The Balaban J connectivity index is 3.31. The van der Waals surface area contributed by atoms with Gasteiger partial charge in [0.15, 0.2) is 0 Å². The van der Waals surface area contributed by atoms with E-state index < -0.39 is 0 Å². The monoisotopic (exact) mass is 114 g/mol. The third-order valence-corrected chi connectivity index (χ3v) is 0.555. The lowest BCUT2D eigenvalue weighted by molar-refractivity contribution is 0.503. The number of nitrogens with two attached hydrogens (primary N) is 2. The van der Waals surface area contributed by atoms with E-state index in [0.717, 1.165) is 0 Å². The predicted molar refractivity (Wildman–Crippen MR) is 33.8 cm³/mol. The van der Waals surface area contributed by atoms with Gasteiger partial charge >= 0.3 is 0 Å². The minimum Gasteiger partial charge on any atom is -0.322 e. The smallest absolute Gasteiger partial charge is 0.125 e. The van der Waals surface area contributed by atoms with Crippen molar-refractivity contribution in [2.75, 3.05) is 6.54 Å². The van der Waals surface area contributed by atoms with E-state index >= 15 is 0 Å². The molecule has 0 aromatic rings. The lowest BCUT2D eigenvalue weighted by atomic mass is 10.6. The molecule has 0 aliphatic heterocycles. The molecule has 0 fully saturated rings. The molecule has 4 heteroatoms. The summed E-state index contributed by atoms with van der Waals surface area (Å²) in [6.45, 7) is 4.02. The largest absolute Gasteiger partial charge is 0.322 e. The second kappa shape index (κ2) is 4.14. The minimum absolute atomic E-state index is 0.556. The standard InChI is InChI=1S/C4H10N4/c1-2-3-8(6)4-7-5/h2,4H,1,3,5-6H2/b7-4-. The van der Waals surface area contributed by atoms with Crippen molar-refractivity contribution in [1.82, 2.24) is 5.01 Å². The number of nitrogens with zero attached hydrogens (tertiary/aromatic N) is 2. The van der Waals surface area contributed by atoms with Crippen molar-refractivity contribution in [2.24, 2.45) is 16.8 Å². The summed E-state index contributed by atoms with van der Waals surface area (Å²) in [6, 6.07) is 0. The fourth-order valence-electron chi connectivity index (χ4n) is 0.282. The zero-order chi connectivity index (χ0) is 6.41. The molecule has 0 amide bonds. The summed E-state index contributed by atoms with van der Waals surface area (Å²) >= 11 is 0. The SMILES string of the molecule is C=CCN(N)/C=N\N. The first kappa shape index (κ1) is 6.97. The molecule has 0 spiro atoms. The molecule has 0 saturated carbocycles. The first-order chi connectivity index (χ1) is 3.81. The van der Waals surface area contributed by atoms with E-state index in [1.807, 2.05) is 0 Å². The quantitative estimate of drug-likeness (QED) is 0.167. The highest BCUT2D eigenvalue weighted by atomic mass is 15.4. The van der Waals surface area contributed by atoms with Gasteiger partial charge in [-0.1, -0.05) is 6.08 Å². The van der Waals surface area contributed by atoms with E-state index in [1.165, 1.54) is 11.3 Å². The molecule has 4 N–H and O–H groups in total. The maximum absolute atomic E-state index is 5.23. The molecule has 0 rings (SSSR count). The Kier molecular flexibility index (Phi) is 3.60. The molecular weight excluding hydrogens is 104 g/mol. The molecule has 46 valence electrons. The van der Waals surface area contributed by atoms with Gasteiger partial charge in [0.1, 0.15) is 6.34 Å². The van der Waals surface area contributed by atoms with Gasteiger partial charge in [0, 0.05) is 0 Å². The van der Waals surface area contributed by atoms with E-state index in [4.69, 9.17) is 11.7 Å². The summed E-state index contributed by atoms with van der Waals surface area (Å²) in [6.07, 6.45) is 2.98. The van der Waals surface area contributed by atoms with E-state index in [1.54, 1.807) is 6.08 Å². The Labute approximate surface area is 48.4 Å². The molecule has 0 radical (unpaired) electrons. The average Bonchev–Trinajstić information content (AvgIpc) is 1.68. The van der Waals surface area contributed by atoms with Crippen LogP contribution in [0.5, 0.6) is 0 Å². The number of hydrogen-bond acceptors (Lipinski definition) is 3. The highest BCUT2D eigenvalue weighted by Crippen LogP contribution is 1.68. The van der Waals surface area contributed by atoms with Crippen LogP contribution in [0.4, 0.5) is 0 Å². The summed E-state index contributed by atoms with van der Waals surface area (Å²) in [7, 11) is 0. The molecule has 8 heavy (non-hydrogen) atoms. The van der Waals surface area contributed by atoms with Crippen molar-refractivity contribution in [3.05, 3.63) is 12.7 Å². The molecule has 0 aromatic carbocycles. The van der Waals surface area contributed by atoms with Gasteiger partial charge in [0.25, 0.3) is 0 Å². The van der Waals surface area contributed by atoms with Gasteiger partial charge in [-0.15, -0.1) is 6.58 Å². The minimum atomic E-state index is 0.556. The van der Waals surface area contributed by atoms with Gasteiger partial charge < -0.3 is 5.84 Å². The molecule has 0 aliphatic carbocycles. The Morgan fingerprint density at radius 2 is 2.38 bits per heavy atom. The van der Waals surface area contributed by atoms with Crippen LogP contribution in [0.1, 0.15) is 0 Å².